The number of carbonyl (C=O) groups is 1. The van der Waals surface area contributed by atoms with E-state index in [2.05, 4.69) is 18.8 Å². The van der Waals surface area contributed by atoms with E-state index < -0.39 is 0 Å². The van der Waals surface area contributed by atoms with Gasteiger partial charge in [-0.05, 0) is 18.4 Å². The van der Waals surface area contributed by atoms with Crippen LogP contribution in [0.4, 0.5) is 0 Å². The van der Waals surface area contributed by atoms with Crippen molar-refractivity contribution < 1.29 is 9.53 Å². The number of fused-ring (bicyclic) bond motifs is 1. The van der Waals surface area contributed by atoms with Gasteiger partial charge in [0.25, 0.3) is 5.91 Å². The molecule has 1 aromatic rings. The molecule has 5 heteroatoms. The lowest BCUT2D eigenvalue weighted by Gasteiger charge is -2.57. The van der Waals surface area contributed by atoms with Gasteiger partial charge < -0.3 is 14.6 Å². The zero-order valence-corrected chi connectivity index (χ0v) is 14.6. The number of pyridine rings is 1. The third kappa shape index (κ3) is 2.51. The van der Waals surface area contributed by atoms with Crippen molar-refractivity contribution in [2.75, 3.05) is 13.7 Å². The standard InChI is InChI=1S/C18H26N2O3/c1-10(2)13-8-11(9-14(21)19-13)17(22)20(5)15-12-6-7-23-16(12)18(15,3)4/h8-10,12,15-16H,6-7H2,1-5H3,(H,19,21). The first kappa shape index (κ1) is 16.2. The van der Waals surface area contributed by atoms with Gasteiger partial charge in [0.2, 0.25) is 5.56 Å². The van der Waals surface area contributed by atoms with Gasteiger partial charge in [0, 0.05) is 48.4 Å². The van der Waals surface area contributed by atoms with E-state index in [1.807, 2.05) is 25.8 Å². The molecule has 1 saturated carbocycles. The molecule has 0 spiro atoms. The Balaban J connectivity index is 1.87. The lowest BCUT2D eigenvalue weighted by Crippen LogP contribution is -2.66. The molecule has 1 saturated heterocycles. The third-order valence-electron chi connectivity index (χ3n) is 5.51. The summed E-state index contributed by atoms with van der Waals surface area (Å²) in [6, 6.07) is 3.36. The van der Waals surface area contributed by atoms with Gasteiger partial charge in [0.05, 0.1) is 6.10 Å². The Kier molecular flexibility index (Phi) is 3.87. The first-order valence-corrected chi connectivity index (χ1v) is 8.36. The predicted molar refractivity (Wildman–Crippen MR) is 88.7 cm³/mol. The van der Waals surface area contributed by atoms with Crippen molar-refractivity contribution in [1.82, 2.24) is 9.88 Å². The van der Waals surface area contributed by atoms with E-state index in [1.54, 1.807) is 6.07 Å². The number of nitrogens with zero attached hydrogens (tertiary/aromatic N) is 1. The van der Waals surface area contributed by atoms with Crippen molar-refractivity contribution in [3.63, 3.8) is 0 Å². The summed E-state index contributed by atoms with van der Waals surface area (Å²) in [4.78, 5) is 29.4. The van der Waals surface area contributed by atoms with E-state index in [4.69, 9.17) is 4.74 Å². The topological polar surface area (TPSA) is 62.4 Å². The molecule has 3 unspecified atom stereocenters. The number of amides is 1. The van der Waals surface area contributed by atoms with E-state index in [-0.39, 0.29) is 34.9 Å². The van der Waals surface area contributed by atoms with Gasteiger partial charge in [0.1, 0.15) is 0 Å². The lowest BCUT2D eigenvalue weighted by atomic mass is 9.56. The normalized spacial score (nSPS) is 28.3. The average molecular weight is 318 g/mol. The second kappa shape index (κ2) is 5.48. The molecule has 2 fully saturated rings. The molecular weight excluding hydrogens is 292 g/mol. The number of ether oxygens (including phenoxy) is 1. The van der Waals surface area contributed by atoms with Crippen molar-refractivity contribution in [2.45, 2.75) is 52.2 Å². The Hall–Kier alpha value is -1.62. The van der Waals surface area contributed by atoms with Crippen molar-refractivity contribution >= 4 is 5.91 Å². The van der Waals surface area contributed by atoms with E-state index >= 15 is 0 Å². The quantitative estimate of drug-likeness (QED) is 0.931. The highest BCUT2D eigenvalue weighted by atomic mass is 16.5. The van der Waals surface area contributed by atoms with Gasteiger partial charge in [0.15, 0.2) is 0 Å². The second-order valence-corrected chi connectivity index (χ2v) is 7.77. The van der Waals surface area contributed by atoms with Crippen LogP contribution in [0.1, 0.15) is 56.1 Å². The minimum absolute atomic E-state index is 0.0480. The largest absolute Gasteiger partial charge is 0.377 e. The van der Waals surface area contributed by atoms with E-state index in [1.165, 1.54) is 6.07 Å². The fourth-order valence-electron chi connectivity index (χ4n) is 4.41. The summed E-state index contributed by atoms with van der Waals surface area (Å²) in [5.74, 6) is 0.500. The zero-order valence-electron chi connectivity index (χ0n) is 14.6. The SMILES string of the molecule is CC(C)c1cc(C(=O)N(C)C2C3CCOC3C2(C)C)cc(=O)[nH]1. The first-order valence-electron chi connectivity index (χ1n) is 8.36. The Labute approximate surface area is 137 Å². The molecule has 23 heavy (non-hydrogen) atoms. The van der Waals surface area contributed by atoms with Crippen LogP contribution in [0.5, 0.6) is 0 Å². The number of hydrogen-bond acceptors (Lipinski definition) is 3. The lowest BCUT2D eigenvalue weighted by molar-refractivity contribution is -0.139. The fraction of sp³-hybridized carbons (Fsp3) is 0.667. The molecule has 1 aromatic heterocycles. The maximum Gasteiger partial charge on any atom is 0.254 e. The second-order valence-electron chi connectivity index (χ2n) is 7.77. The molecule has 1 aliphatic carbocycles. The van der Waals surface area contributed by atoms with Crippen LogP contribution in [0.25, 0.3) is 0 Å². The van der Waals surface area contributed by atoms with Crippen LogP contribution in [-0.2, 0) is 4.74 Å². The van der Waals surface area contributed by atoms with Crippen molar-refractivity contribution in [3.8, 4) is 0 Å². The van der Waals surface area contributed by atoms with E-state index in [0.29, 0.717) is 11.5 Å². The number of H-pyrrole nitrogens is 1. The van der Waals surface area contributed by atoms with Crippen LogP contribution in [0, 0.1) is 11.3 Å². The van der Waals surface area contributed by atoms with Gasteiger partial charge in [-0.3, -0.25) is 9.59 Å². The molecule has 1 aliphatic heterocycles. The summed E-state index contributed by atoms with van der Waals surface area (Å²) in [5, 5.41) is 0. The first-order chi connectivity index (χ1) is 10.7. The van der Waals surface area contributed by atoms with E-state index in [0.717, 1.165) is 18.7 Å². The summed E-state index contributed by atoms with van der Waals surface area (Å²) < 4.78 is 5.81. The van der Waals surface area contributed by atoms with Crippen LogP contribution >= 0.6 is 0 Å². The summed E-state index contributed by atoms with van der Waals surface area (Å²) in [6.07, 6.45) is 1.25. The molecule has 1 N–H and O–H groups in total. The molecule has 3 rings (SSSR count). The van der Waals surface area contributed by atoms with Crippen LogP contribution < -0.4 is 5.56 Å². The van der Waals surface area contributed by atoms with Crippen molar-refractivity contribution in [3.05, 3.63) is 33.7 Å². The fourth-order valence-corrected chi connectivity index (χ4v) is 4.41. The van der Waals surface area contributed by atoms with Gasteiger partial charge in [-0.1, -0.05) is 27.7 Å². The molecule has 0 bridgehead atoms. The van der Waals surface area contributed by atoms with Crippen LogP contribution in [-0.4, -0.2) is 41.6 Å². The molecule has 1 amide bonds. The molecule has 0 radical (unpaired) electrons. The summed E-state index contributed by atoms with van der Waals surface area (Å²) in [6.45, 7) is 9.09. The van der Waals surface area contributed by atoms with Crippen molar-refractivity contribution in [2.24, 2.45) is 11.3 Å². The van der Waals surface area contributed by atoms with Crippen molar-refractivity contribution in [1.29, 1.82) is 0 Å². The van der Waals surface area contributed by atoms with E-state index in [9.17, 15) is 9.59 Å². The minimum Gasteiger partial charge on any atom is -0.377 e. The third-order valence-corrected chi connectivity index (χ3v) is 5.51. The molecule has 3 atom stereocenters. The maximum absolute atomic E-state index is 12.9. The molecule has 0 aromatic carbocycles. The summed E-state index contributed by atoms with van der Waals surface area (Å²) in [5.41, 5.74) is 0.999. The number of nitrogens with one attached hydrogen (secondary N) is 1. The number of hydrogen-bond donors (Lipinski definition) is 1. The van der Waals surface area contributed by atoms with Gasteiger partial charge >= 0.3 is 0 Å². The van der Waals surface area contributed by atoms with Gasteiger partial charge in [-0.2, -0.15) is 0 Å². The molecule has 2 heterocycles. The highest BCUT2D eigenvalue weighted by Crippen LogP contribution is 2.54. The van der Waals surface area contributed by atoms with Crippen LogP contribution in [0.2, 0.25) is 0 Å². The maximum atomic E-state index is 12.9. The highest BCUT2D eigenvalue weighted by molar-refractivity contribution is 5.94. The van der Waals surface area contributed by atoms with Crippen LogP contribution in [0.15, 0.2) is 16.9 Å². The Bertz CT molecular complexity index is 677. The van der Waals surface area contributed by atoms with Gasteiger partial charge in [-0.25, -0.2) is 0 Å². The number of carbonyl (C=O) groups excluding carboxylic acids is 1. The predicted octanol–water partition coefficient (Wildman–Crippen LogP) is 2.38. The molecular formula is C18H26N2O3. The minimum atomic E-state index is -0.220. The smallest absolute Gasteiger partial charge is 0.254 e. The average Bonchev–Trinajstić information content (AvgIpc) is 2.91. The van der Waals surface area contributed by atoms with Gasteiger partial charge in [-0.15, -0.1) is 0 Å². The Morgan fingerprint density at radius 2 is 2.09 bits per heavy atom. The summed E-state index contributed by atoms with van der Waals surface area (Å²) >= 11 is 0. The number of aromatic amines is 1. The molecule has 2 aliphatic rings. The molecule has 126 valence electrons. The monoisotopic (exact) mass is 318 g/mol. The Morgan fingerprint density at radius 3 is 2.74 bits per heavy atom. The number of aromatic nitrogens is 1. The Morgan fingerprint density at radius 1 is 1.39 bits per heavy atom. The number of rotatable bonds is 3. The highest BCUT2D eigenvalue weighted by Gasteiger charge is 2.61. The molecule has 5 nitrogen and oxygen atoms in total. The summed E-state index contributed by atoms with van der Waals surface area (Å²) in [7, 11) is 1.85. The zero-order chi connectivity index (χ0) is 16.9. The van der Waals surface area contributed by atoms with Crippen LogP contribution in [0.3, 0.4) is 0 Å².